The average Bonchev–Trinajstić information content (AvgIpc) is 2.63. The van der Waals surface area contributed by atoms with E-state index in [1.54, 1.807) is 0 Å². The molecule has 4 nitrogen and oxygen atoms in total. The first-order chi connectivity index (χ1) is 8.18. The predicted molar refractivity (Wildman–Crippen MR) is 67.2 cm³/mol. The van der Waals surface area contributed by atoms with Gasteiger partial charge < -0.3 is 10.6 Å². The smallest absolute Gasteiger partial charge is 0.262 e. The van der Waals surface area contributed by atoms with Crippen molar-refractivity contribution < 1.29 is 9.59 Å². The second-order valence-corrected chi connectivity index (χ2v) is 5.16. The van der Waals surface area contributed by atoms with Gasteiger partial charge in [-0.3, -0.25) is 9.59 Å². The molecule has 1 unspecified atom stereocenters. The third kappa shape index (κ3) is 2.85. The fourth-order valence-electron chi connectivity index (χ4n) is 1.91. The zero-order valence-corrected chi connectivity index (χ0v) is 10.6. The van der Waals surface area contributed by atoms with Crippen LogP contribution in [-0.2, 0) is 4.79 Å². The van der Waals surface area contributed by atoms with Crippen molar-refractivity contribution in [3.8, 4) is 0 Å². The molecule has 0 saturated carbocycles. The average molecular weight is 252 g/mol. The van der Waals surface area contributed by atoms with E-state index in [0.717, 1.165) is 24.8 Å². The van der Waals surface area contributed by atoms with E-state index >= 15 is 0 Å². The Morgan fingerprint density at radius 1 is 1.53 bits per heavy atom. The van der Waals surface area contributed by atoms with Crippen LogP contribution in [0.4, 0.5) is 0 Å². The highest BCUT2D eigenvalue weighted by molar-refractivity contribution is 7.12. The number of hydrogen-bond donors (Lipinski definition) is 2. The second kappa shape index (κ2) is 5.31. The summed E-state index contributed by atoms with van der Waals surface area (Å²) in [5, 5.41) is 7.51. The predicted octanol–water partition coefficient (Wildman–Crippen LogP) is 1.46. The molecular formula is C12H16N2O2S. The lowest BCUT2D eigenvalue weighted by molar-refractivity contribution is -0.122. The van der Waals surface area contributed by atoms with E-state index in [1.807, 2.05) is 18.4 Å². The fourth-order valence-corrected chi connectivity index (χ4v) is 2.73. The van der Waals surface area contributed by atoms with Gasteiger partial charge in [0.25, 0.3) is 5.91 Å². The molecule has 92 valence electrons. The molecule has 0 radical (unpaired) electrons. The van der Waals surface area contributed by atoms with E-state index < -0.39 is 0 Å². The largest absolute Gasteiger partial charge is 0.354 e. The maximum absolute atomic E-state index is 12.0. The summed E-state index contributed by atoms with van der Waals surface area (Å²) >= 11 is 1.41. The Hall–Kier alpha value is -1.36. The summed E-state index contributed by atoms with van der Waals surface area (Å²) in [4.78, 5) is 24.4. The van der Waals surface area contributed by atoms with Crippen LogP contribution in [0.25, 0.3) is 0 Å². The summed E-state index contributed by atoms with van der Waals surface area (Å²) in [7, 11) is 0. The number of hydrogen-bond acceptors (Lipinski definition) is 3. The Morgan fingerprint density at radius 2 is 2.35 bits per heavy atom. The molecule has 17 heavy (non-hydrogen) atoms. The van der Waals surface area contributed by atoms with E-state index in [1.165, 1.54) is 11.3 Å². The molecule has 0 spiro atoms. The van der Waals surface area contributed by atoms with Crippen molar-refractivity contribution in [2.24, 2.45) is 0 Å². The molecule has 0 aromatic carbocycles. The minimum Gasteiger partial charge on any atom is -0.354 e. The van der Waals surface area contributed by atoms with Gasteiger partial charge in [0.15, 0.2) is 0 Å². The fraction of sp³-hybridized carbons (Fsp3) is 0.500. The molecule has 2 N–H and O–H groups in total. The van der Waals surface area contributed by atoms with Crippen LogP contribution in [0.15, 0.2) is 11.4 Å². The number of aryl methyl sites for hydroxylation is 1. The van der Waals surface area contributed by atoms with Gasteiger partial charge in [0.2, 0.25) is 5.91 Å². The SMILES string of the molecule is Cc1ccsc1C(=O)NC1CCCCNC1=O. The van der Waals surface area contributed by atoms with Crippen molar-refractivity contribution in [3.05, 3.63) is 21.9 Å². The highest BCUT2D eigenvalue weighted by Gasteiger charge is 2.23. The van der Waals surface area contributed by atoms with Crippen molar-refractivity contribution >= 4 is 23.2 Å². The molecule has 1 aromatic rings. The maximum atomic E-state index is 12.0. The van der Waals surface area contributed by atoms with E-state index in [0.29, 0.717) is 11.4 Å². The highest BCUT2D eigenvalue weighted by atomic mass is 32.1. The lowest BCUT2D eigenvalue weighted by Gasteiger charge is -2.14. The van der Waals surface area contributed by atoms with Crippen LogP contribution in [0.2, 0.25) is 0 Å². The van der Waals surface area contributed by atoms with E-state index in [9.17, 15) is 9.59 Å². The molecule has 1 aromatic heterocycles. The summed E-state index contributed by atoms with van der Waals surface area (Å²) < 4.78 is 0. The number of rotatable bonds is 2. The van der Waals surface area contributed by atoms with Crippen LogP contribution in [0, 0.1) is 6.92 Å². The van der Waals surface area contributed by atoms with Crippen molar-refractivity contribution in [2.45, 2.75) is 32.2 Å². The van der Waals surface area contributed by atoms with Crippen molar-refractivity contribution in [1.29, 1.82) is 0 Å². The quantitative estimate of drug-likeness (QED) is 0.837. The van der Waals surface area contributed by atoms with Gasteiger partial charge in [0.05, 0.1) is 4.88 Å². The molecule has 1 fully saturated rings. The van der Waals surface area contributed by atoms with Crippen LogP contribution in [0.3, 0.4) is 0 Å². The van der Waals surface area contributed by atoms with E-state index in [2.05, 4.69) is 10.6 Å². The van der Waals surface area contributed by atoms with Gasteiger partial charge in [-0.1, -0.05) is 0 Å². The first-order valence-corrected chi connectivity index (χ1v) is 6.69. The molecule has 1 atom stereocenters. The molecule has 2 rings (SSSR count). The number of thiophene rings is 1. The molecule has 1 saturated heterocycles. The van der Waals surface area contributed by atoms with Crippen molar-refractivity contribution in [1.82, 2.24) is 10.6 Å². The summed E-state index contributed by atoms with van der Waals surface area (Å²) in [6.45, 7) is 2.61. The highest BCUT2D eigenvalue weighted by Crippen LogP contribution is 2.16. The summed E-state index contributed by atoms with van der Waals surface area (Å²) in [5.41, 5.74) is 0.960. The molecule has 2 heterocycles. The van der Waals surface area contributed by atoms with E-state index in [4.69, 9.17) is 0 Å². The molecule has 1 aliphatic rings. The summed E-state index contributed by atoms with van der Waals surface area (Å²) in [6.07, 6.45) is 2.67. The zero-order valence-electron chi connectivity index (χ0n) is 9.79. The van der Waals surface area contributed by atoms with Gasteiger partial charge in [-0.15, -0.1) is 11.3 Å². The van der Waals surface area contributed by atoms with Gasteiger partial charge in [-0.25, -0.2) is 0 Å². The monoisotopic (exact) mass is 252 g/mol. The first-order valence-electron chi connectivity index (χ1n) is 5.81. The van der Waals surface area contributed by atoms with Crippen LogP contribution in [-0.4, -0.2) is 24.4 Å². The Balaban J connectivity index is 2.02. The number of carbonyl (C=O) groups is 2. The normalized spacial score (nSPS) is 20.5. The standard InChI is InChI=1S/C12H16N2O2S/c1-8-5-7-17-10(8)12(16)14-9-4-2-3-6-13-11(9)15/h5,7,9H,2-4,6H2,1H3,(H,13,15)(H,14,16). The molecule has 1 aliphatic heterocycles. The minimum absolute atomic E-state index is 0.0648. The molecule has 2 amide bonds. The Morgan fingerprint density at radius 3 is 3.06 bits per heavy atom. The number of amides is 2. The Kier molecular flexibility index (Phi) is 3.78. The number of carbonyl (C=O) groups excluding carboxylic acids is 2. The summed E-state index contributed by atoms with van der Waals surface area (Å²) in [6, 6.07) is 1.53. The molecule has 0 aliphatic carbocycles. The molecule has 0 bridgehead atoms. The first kappa shape index (κ1) is 12.1. The van der Waals surface area contributed by atoms with Crippen molar-refractivity contribution in [3.63, 3.8) is 0 Å². The zero-order chi connectivity index (χ0) is 12.3. The molecule has 5 heteroatoms. The van der Waals surface area contributed by atoms with Crippen LogP contribution >= 0.6 is 11.3 Å². The van der Waals surface area contributed by atoms with Crippen LogP contribution in [0.5, 0.6) is 0 Å². The van der Waals surface area contributed by atoms with Crippen LogP contribution < -0.4 is 10.6 Å². The topological polar surface area (TPSA) is 58.2 Å². The van der Waals surface area contributed by atoms with E-state index in [-0.39, 0.29) is 17.9 Å². The lowest BCUT2D eigenvalue weighted by Crippen LogP contribution is -2.45. The van der Waals surface area contributed by atoms with Gasteiger partial charge in [-0.05, 0) is 43.2 Å². The minimum atomic E-state index is -0.383. The van der Waals surface area contributed by atoms with Crippen LogP contribution in [0.1, 0.15) is 34.5 Å². The van der Waals surface area contributed by atoms with Gasteiger partial charge >= 0.3 is 0 Å². The second-order valence-electron chi connectivity index (χ2n) is 4.25. The third-order valence-corrected chi connectivity index (χ3v) is 3.92. The maximum Gasteiger partial charge on any atom is 0.262 e. The molecular weight excluding hydrogens is 236 g/mol. The third-order valence-electron chi connectivity index (χ3n) is 2.91. The Labute approximate surface area is 104 Å². The van der Waals surface area contributed by atoms with Gasteiger partial charge in [-0.2, -0.15) is 0 Å². The van der Waals surface area contributed by atoms with Gasteiger partial charge in [0.1, 0.15) is 6.04 Å². The van der Waals surface area contributed by atoms with Crippen molar-refractivity contribution in [2.75, 3.05) is 6.54 Å². The lowest BCUT2D eigenvalue weighted by atomic mass is 10.1. The Bertz CT molecular complexity index is 428. The van der Waals surface area contributed by atoms with Gasteiger partial charge in [0, 0.05) is 6.54 Å². The number of nitrogens with one attached hydrogen (secondary N) is 2. The summed E-state index contributed by atoms with van der Waals surface area (Å²) in [5.74, 6) is -0.204.